The fourth-order valence-corrected chi connectivity index (χ4v) is 3.52. The Kier molecular flexibility index (Phi) is 3.48. The SMILES string of the molecule is CC1CC(N)CCN1C(=O)C1CCCC1(C)C. The fourth-order valence-electron chi connectivity index (χ4n) is 3.52. The molecule has 3 atom stereocenters. The molecular weight excluding hydrogens is 212 g/mol. The zero-order valence-corrected chi connectivity index (χ0v) is 11.4. The summed E-state index contributed by atoms with van der Waals surface area (Å²) in [6.07, 6.45) is 5.37. The highest BCUT2D eigenvalue weighted by molar-refractivity contribution is 5.80. The van der Waals surface area contributed by atoms with Crippen molar-refractivity contribution in [1.82, 2.24) is 4.90 Å². The van der Waals surface area contributed by atoms with E-state index < -0.39 is 0 Å². The van der Waals surface area contributed by atoms with E-state index in [1.54, 1.807) is 0 Å². The van der Waals surface area contributed by atoms with Gasteiger partial charge in [0.15, 0.2) is 0 Å². The van der Waals surface area contributed by atoms with Crippen LogP contribution in [-0.4, -0.2) is 29.4 Å². The van der Waals surface area contributed by atoms with E-state index in [0.717, 1.165) is 25.8 Å². The molecule has 0 aromatic rings. The average Bonchev–Trinajstić information content (AvgIpc) is 2.57. The van der Waals surface area contributed by atoms with Gasteiger partial charge < -0.3 is 10.6 Å². The van der Waals surface area contributed by atoms with Gasteiger partial charge in [0.05, 0.1) is 0 Å². The van der Waals surface area contributed by atoms with Crippen LogP contribution in [0.4, 0.5) is 0 Å². The zero-order valence-electron chi connectivity index (χ0n) is 11.4. The summed E-state index contributed by atoms with van der Waals surface area (Å²) < 4.78 is 0. The summed E-state index contributed by atoms with van der Waals surface area (Å²) >= 11 is 0. The van der Waals surface area contributed by atoms with E-state index in [4.69, 9.17) is 5.73 Å². The van der Waals surface area contributed by atoms with E-state index in [1.165, 1.54) is 12.8 Å². The quantitative estimate of drug-likeness (QED) is 0.761. The van der Waals surface area contributed by atoms with Crippen LogP contribution in [0.5, 0.6) is 0 Å². The minimum atomic E-state index is 0.191. The van der Waals surface area contributed by atoms with Crippen LogP contribution in [0.1, 0.15) is 52.9 Å². The van der Waals surface area contributed by atoms with Crippen LogP contribution in [0.2, 0.25) is 0 Å². The Morgan fingerprint density at radius 2 is 2.06 bits per heavy atom. The van der Waals surface area contributed by atoms with E-state index in [2.05, 4.69) is 25.7 Å². The van der Waals surface area contributed by atoms with Gasteiger partial charge in [0.1, 0.15) is 0 Å². The Labute approximate surface area is 105 Å². The lowest BCUT2D eigenvalue weighted by Crippen LogP contribution is -2.51. The topological polar surface area (TPSA) is 46.3 Å². The number of hydrogen-bond donors (Lipinski definition) is 1. The highest BCUT2D eigenvalue weighted by Gasteiger charge is 2.42. The van der Waals surface area contributed by atoms with Crippen molar-refractivity contribution in [3.8, 4) is 0 Å². The van der Waals surface area contributed by atoms with Crippen molar-refractivity contribution in [2.45, 2.75) is 65.0 Å². The molecule has 0 aromatic carbocycles. The molecule has 0 radical (unpaired) electrons. The van der Waals surface area contributed by atoms with Crippen LogP contribution < -0.4 is 5.73 Å². The van der Waals surface area contributed by atoms with Crippen molar-refractivity contribution in [2.24, 2.45) is 17.1 Å². The second kappa shape index (κ2) is 4.60. The number of likely N-dealkylation sites (tertiary alicyclic amines) is 1. The standard InChI is InChI=1S/C14H26N2O/c1-10-9-11(15)6-8-16(10)13(17)12-5-4-7-14(12,2)3/h10-12H,4-9,15H2,1-3H3. The van der Waals surface area contributed by atoms with Crippen LogP contribution in [-0.2, 0) is 4.79 Å². The van der Waals surface area contributed by atoms with E-state index in [9.17, 15) is 4.79 Å². The Balaban J connectivity index is 2.05. The predicted octanol–water partition coefficient (Wildman–Crippen LogP) is 2.15. The molecule has 98 valence electrons. The van der Waals surface area contributed by atoms with E-state index >= 15 is 0 Å². The largest absolute Gasteiger partial charge is 0.340 e. The van der Waals surface area contributed by atoms with E-state index in [-0.39, 0.29) is 17.4 Å². The van der Waals surface area contributed by atoms with E-state index in [0.29, 0.717) is 11.9 Å². The monoisotopic (exact) mass is 238 g/mol. The minimum absolute atomic E-state index is 0.191. The third kappa shape index (κ3) is 2.49. The molecule has 2 rings (SSSR count). The molecular formula is C14H26N2O. The summed E-state index contributed by atoms with van der Waals surface area (Å²) in [6, 6.07) is 0.605. The van der Waals surface area contributed by atoms with Crippen LogP contribution in [0.3, 0.4) is 0 Å². The molecule has 2 aliphatic rings. The first kappa shape index (κ1) is 12.9. The minimum Gasteiger partial charge on any atom is -0.340 e. The first-order chi connectivity index (χ1) is 7.92. The number of carbonyl (C=O) groups excluding carboxylic acids is 1. The first-order valence-corrected chi connectivity index (χ1v) is 6.98. The summed E-state index contributed by atoms with van der Waals surface area (Å²) in [5.74, 6) is 0.617. The number of piperidine rings is 1. The lowest BCUT2D eigenvalue weighted by Gasteiger charge is -2.40. The number of amides is 1. The third-order valence-corrected chi connectivity index (χ3v) is 4.76. The first-order valence-electron chi connectivity index (χ1n) is 6.98. The van der Waals surface area contributed by atoms with Crippen LogP contribution in [0.15, 0.2) is 0 Å². The molecule has 1 aliphatic carbocycles. The highest BCUT2D eigenvalue weighted by Crippen LogP contribution is 2.44. The molecule has 1 amide bonds. The fraction of sp³-hybridized carbons (Fsp3) is 0.929. The van der Waals surface area contributed by atoms with Gasteiger partial charge in [-0.3, -0.25) is 4.79 Å². The van der Waals surface area contributed by atoms with Gasteiger partial charge in [0, 0.05) is 24.5 Å². The van der Waals surface area contributed by atoms with Crippen molar-refractivity contribution in [3.05, 3.63) is 0 Å². The molecule has 3 heteroatoms. The second-order valence-corrected chi connectivity index (χ2v) is 6.60. The van der Waals surface area contributed by atoms with Crippen molar-refractivity contribution < 1.29 is 4.79 Å². The number of nitrogens with zero attached hydrogens (tertiary/aromatic N) is 1. The van der Waals surface area contributed by atoms with Crippen molar-refractivity contribution >= 4 is 5.91 Å². The normalized spacial score (nSPS) is 37.2. The van der Waals surface area contributed by atoms with Gasteiger partial charge in [-0.2, -0.15) is 0 Å². The van der Waals surface area contributed by atoms with Gasteiger partial charge >= 0.3 is 0 Å². The van der Waals surface area contributed by atoms with Gasteiger partial charge in [0.2, 0.25) is 5.91 Å². The van der Waals surface area contributed by atoms with Crippen LogP contribution >= 0.6 is 0 Å². The van der Waals surface area contributed by atoms with Gasteiger partial charge in [0.25, 0.3) is 0 Å². The predicted molar refractivity (Wildman–Crippen MR) is 69.5 cm³/mol. The summed E-state index contributed by atoms with van der Waals surface area (Å²) in [6.45, 7) is 7.47. The molecule has 17 heavy (non-hydrogen) atoms. The van der Waals surface area contributed by atoms with Crippen LogP contribution in [0, 0.1) is 11.3 Å². The summed E-state index contributed by atoms with van der Waals surface area (Å²) in [7, 11) is 0. The Morgan fingerprint density at radius 1 is 1.35 bits per heavy atom. The summed E-state index contributed by atoms with van der Waals surface area (Å²) in [5, 5.41) is 0. The molecule has 0 bridgehead atoms. The lowest BCUT2D eigenvalue weighted by atomic mass is 9.80. The third-order valence-electron chi connectivity index (χ3n) is 4.76. The maximum atomic E-state index is 12.6. The molecule has 2 fully saturated rings. The van der Waals surface area contributed by atoms with Crippen LogP contribution in [0.25, 0.3) is 0 Å². The molecule has 0 spiro atoms. The summed E-state index contributed by atoms with van der Waals surface area (Å²) in [4.78, 5) is 14.7. The molecule has 2 N–H and O–H groups in total. The molecule has 1 saturated carbocycles. The number of carbonyl (C=O) groups is 1. The maximum absolute atomic E-state index is 12.6. The van der Waals surface area contributed by atoms with Gasteiger partial charge in [-0.1, -0.05) is 20.3 Å². The average molecular weight is 238 g/mol. The van der Waals surface area contributed by atoms with Crippen molar-refractivity contribution in [2.75, 3.05) is 6.54 Å². The highest BCUT2D eigenvalue weighted by atomic mass is 16.2. The maximum Gasteiger partial charge on any atom is 0.226 e. The van der Waals surface area contributed by atoms with Crippen molar-refractivity contribution in [3.63, 3.8) is 0 Å². The van der Waals surface area contributed by atoms with Crippen molar-refractivity contribution in [1.29, 1.82) is 0 Å². The number of rotatable bonds is 1. The molecule has 3 nitrogen and oxygen atoms in total. The number of nitrogens with two attached hydrogens (primary N) is 1. The molecule has 1 saturated heterocycles. The molecule has 3 unspecified atom stereocenters. The zero-order chi connectivity index (χ0) is 12.6. The lowest BCUT2D eigenvalue weighted by molar-refractivity contribution is -0.141. The Morgan fingerprint density at radius 3 is 2.59 bits per heavy atom. The Bertz CT molecular complexity index is 301. The molecule has 0 aromatic heterocycles. The molecule has 1 heterocycles. The second-order valence-electron chi connectivity index (χ2n) is 6.60. The van der Waals surface area contributed by atoms with E-state index in [1.807, 2.05) is 0 Å². The van der Waals surface area contributed by atoms with Gasteiger partial charge in [-0.15, -0.1) is 0 Å². The Hall–Kier alpha value is -0.570. The summed E-state index contributed by atoms with van der Waals surface area (Å²) in [5.41, 5.74) is 6.15. The van der Waals surface area contributed by atoms with Gasteiger partial charge in [-0.25, -0.2) is 0 Å². The molecule has 1 aliphatic heterocycles. The number of hydrogen-bond acceptors (Lipinski definition) is 2. The smallest absolute Gasteiger partial charge is 0.226 e. The van der Waals surface area contributed by atoms with Gasteiger partial charge in [-0.05, 0) is 38.0 Å².